The molecule has 0 radical (unpaired) electrons. The van der Waals surface area contributed by atoms with Crippen LogP contribution in [0.2, 0.25) is 10.0 Å². The van der Waals surface area contributed by atoms with Crippen molar-refractivity contribution in [2.45, 2.75) is 45.2 Å². The van der Waals surface area contributed by atoms with Crippen LogP contribution in [0.3, 0.4) is 0 Å². The zero-order chi connectivity index (χ0) is 21.4. The van der Waals surface area contributed by atoms with Crippen LogP contribution in [0.5, 0.6) is 0 Å². The fraction of sp³-hybridized carbons (Fsp3) is 0.409. The van der Waals surface area contributed by atoms with Gasteiger partial charge in [0, 0.05) is 28.2 Å². The van der Waals surface area contributed by atoms with Crippen molar-refractivity contribution >= 4 is 38.9 Å². The lowest BCUT2D eigenvalue weighted by Crippen LogP contribution is -2.40. The Morgan fingerprint density at radius 2 is 1.76 bits per heavy atom. The van der Waals surface area contributed by atoms with E-state index in [4.69, 9.17) is 23.2 Å². The van der Waals surface area contributed by atoms with Gasteiger partial charge in [-0.25, -0.2) is 8.42 Å². The molecule has 1 aliphatic rings. The van der Waals surface area contributed by atoms with E-state index in [1.54, 1.807) is 23.1 Å². The second-order valence-corrected chi connectivity index (χ2v) is 11.6. The summed E-state index contributed by atoms with van der Waals surface area (Å²) in [6.45, 7) is 6.57. The molecule has 0 aromatic heterocycles. The molecule has 7 heteroatoms. The van der Waals surface area contributed by atoms with E-state index in [0.717, 1.165) is 11.1 Å². The number of hydrogen-bond donors (Lipinski definition) is 0. The van der Waals surface area contributed by atoms with Crippen molar-refractivity contribution in [3.05, 3.63) is 69.2 Å². The molecule has 156 valence electrons. The number of hydrogen-bond acceptors (Lipinski definition) is 3. The van der Waals surface area contributed by atoms with E-state index in [0.29, 0.717) is 22.0 Å². The van der Waals surface area contributed by atoms with Crippen LogP contribution >= 0.6 is 23.2 Å². The Balaban J connectivity index is 1.92. The van der Waals surface area contributed by atoms with Crippen molar-refractivity contribution in [2.75, 3.05) is 11.5 Å². The van der Waals surface area contributed by atoms with E-state index in [1.807, 2.05) is 24.3 Å². The van der Waals surface area contributed by atoms with Crippen molar-refractivity contribution in [1.29, 1.82) is 0 Å². The van der Waals surface area contributed by atoms with E-state index < -0.39 is 9.84 Å². The highest BCUT2D eigenvalue weighted by Gasteiger charge is 2.35. The summed E-state index contributed by atoms with van der Waals surface area (Å²) in [7, 11) is -3.14. The normalized spacial score (nSPS) is 18.6. The topological polar surface area (TPSA) is 54.5 Å². The smallest absolute Gasteiger partial charge is 0.254 e. The number of halogens is 2. The summed E-state index contributed by atoms with van der Waals surface area (Å²) in [5.41, 5.74) is 2.38. The lowest BCUT2D eigenvalue weighted by molar-refractivity contribution is 0.0681. The van der Waals surface area contributed by atoms with Crippen LogP contribution in [0.4, 0.5) is 0 Å². The molecule has 2 aromatic rings. The maximum Gasteiger partial charge on any atom is 0.254 e. The van der Waals surface area contributed by atoms with Gasteiger partial charge in [-0.2, -0.15) is 0 Å². The first-order chi connectivity index (χ1) is 13.5. The monoisotopic (exact) mass is 453 g/mol. The van der Waals surface area contributed by atoms with E-state index >= 15 is 0 Å². The van der Waals surface area contributed by atoms with Crippen molar-refractivity contribution in [3.8, 4) is 0 Å². The van der Waals surface area contributed by atoms with Gasteiger partial charge in [0.25, 0.3) is 5.91 Å². The van der Waals surface area contributed by atoms with Crippen molar-refractivity contribution in [2.24, 2.45) is 0 Å². The molecular weight excluding hydrogens is 429 g/mol. The van der Waals surface area contributed by atoms with Crippen molar-refractivity contribution in [3.63, 3.8) is 0 Å². The van der Waals surface area contributed by atoms with Gasteiger partial charge in [-0.3, -0.25) is 4.79 Å². The molecule has 2 aromatic carbocycles. The van der Waals surface area contributed by atoms with Gasteiger partial charge in [0.2, 0.25) is 0 Å². The van der Waals surface area contributed by atoms with Crippen LogP contribution in [0.15, 0.2) is 42.5 Å². The van der Waals surface area contributed by atoms with Crippen LogP contribution in [0.25, 0.3) is 0 Å². The Bertz CT molecular complexity index is 1010. The second kappa shape index (κ2) is 8.29. The Kier molecular flexibility index (Phi) is 6.32. The number of amides is 1. The van der Waals surface area contributed by atoms with E-state index in [1.165, 1.54) is 0 Å². The highest BCUT2D eigenvalue weighted by atomic mass is 35.5. The predicted molar refractivity (Wildman–Crippen MR) is 119 cm³/mol. The van der Waals surface area contributed by atoms with Crippen molar-refractivity contribution < 1.29 is 13.2 Å². The molecule has 0 spiro atoms. The zero-order valence-corrected chi connectivity index (χ0v) is 19.1. The van der Waals surface area contributed by atoms with Gasteiger partial charge in [-0.05, 0) is 47.2 Å². The Labute approximate surface area is 182 Å². The predicted octanol–water partition coefficient (Wildman–Crippen LogP) is 5.12. The summed E-state index contributed by atoms with van der Waals surface area (Å²) in [6.07, 6.45) is 0.430. The van der Waals surface area contributed by atoms with Gasteiger partial charge in [0.15, 0.2) is 9.84 Å². The zero-order valence-electron chi connectivity index (χ0n) is 16.8. The minimum atomic E-state index is -3.14. The molecule has 3 rings (SSSR count). The number of sulfone groups is 1. The minimum Gasteiger partial charge on any atom is -0.330 e. The largest absolute Gasteiger partial charge is 0.330 e. The number of carbonyl (C=O) groups excluding carboxylic acids is 1. The highest BCUT2D eigenvalue weighted by molar-refractivity contribution is 7.91. The quantitative estimate of drug-likeness (QED) is 0.645. The Morgan fingerprint density at radius 1 is 1.10 bits per heavy atom. The van der Waals surface area contributed by atoms with Gasteiger partial charge in [-0.15, -0.1) is 0 Å². The third kappa shape index (κ3) is 5.33. The molecule has 1 aliphatic heterocycles. The van der Waals surface area contributed by atoms with Gasteiger partial charge < -0.3 is 4.90 Å². The maximum absolute atomic E-state index is 13.3. The summed E-state index contributed by atoms with van der Waals surface area (Å²) in [6, 6.07) is 12.3. The number of benzene rings is 2. The van der Waals surface area contributed by atoms with Gasteiger partial charge in [0.05, 0.1) is 11.5 Å². The third-order valence-electron chi connectivity index (χ3n) is 5.26. The van der Waals surface area contributed by atoms with Crippen LogP contribution in [0, 0.1) is 0 Å². The molecule has 1 heterocycles. The maximum atomic E-state index is 13.3. The van der Waals surface area contributed by atoms with E-state index in [-0.39, 0.29) is 35.4 Å². The molecule has 1 atom stereocenters. The standard InChI is InChI=1S/C22H25Cl2NO3S/c1-22(2,3)17-7-4-15(5-8-17)21(26)25(19-10-11-29(27,28)14-19)13-16-6-9-18(23)12-20(16)24/h4-9,12,19H,10-11,13-14H2,1-3H3. The number of rotatable bonds is 4. The van der Waals surface area contributed by atoms with Crippen LogP contribution < -0.4 is 0 Å². The van der Waals surface area contributed by atoms with Crippen LogP contribution in [-0.4, -0.2) is 36.8 Å². The second-order valence-electron chi connectivity index (χ2n) is 8.55. The average Bonchev–Trinajstić information content (AvgIpc) is 2.99. The first-order valence-corrected chi connectivity index (χ1v) is 12.1. The van der Waals surface area contributed by atoms with Gasteiger partial charge in [0.1, 0.15) is 0 Å². The van der Waals surface area contributed by atoms with Gasteiger partial charge in [-0.1, -0.05) is 62.2 Å². The minimum absolute atomic E-state index is 0.0162. The molecule has 0 aliphatic carbocycles. The van der Waals surface area contributed by atoms with E-state index in [9.17, 15) is 13.2 Å². The lowest BCUT2D eigenvalue weighted by atomic mass is 9.86. The highest BCUT2D eigenvalue weighted by Crippen LogP contribution is 2.28. The number of carbonyl (C=O) groups is 1. The average molecular weight is 454 g/mol. The molecule has 1 unspecified atom stereocenters. The Hall–Kier alpha value is -1.56. The van der Waals surface area contributed by atoms with Crippen LogP contribution in [-0.2, 0) is 21.8 Å². The molecule has 4 nitrogen and oxygen atoms in total. The summed E-state index contributed by atoms with van der Waals surface area (Å²) >= 11 is 12.3. The summed E-state index contributed by atoms with van der Waals surface area (Å²) in [5, 5.41) is 0.970. The summed E-state index contributed by atoms with van der Waals surface area (Å²) < 4.78 is 24.1. The fourth-order valence-electron chi connectivity index (χ4n) is 3.50. The van der Waals surface area contributed by atoms with Crippen molar-refractivity contribution in [1.82, 2.24) is 4.90 Å². The number of nitrogens with zero attached hydrogens (tertiary/aromatic N) is 1. The SMILES string of the molecule is CC(C)(C)c1ccc(C(=O)N(Cc2ccc(Cl)cc2Cl)C2CCS(=O)(=O)C2)cc1. The van der Waals surface area contributed by atoms with Crippen LogP contribution in [0.1, 0.15) is 48.7 Å². The Morgan fingerprint density at radius 3 is 2.28 bits per heavy atom. The summed E-state index contributed by atoms with van der Waals surface area (Å²) in [4.78, 5) is 15.0. The van der Waals surface area contributed by atoms with Gasteiger partial charge >= 0.3 is 0 Å². The first-order valence-electron chi connectivity index (χ1n) is 9.52. The fourth-order valence-corrected chi connectivity index (χ4v) is 5.70. The molecule has 29 heavy (non-hydrogen) atoms. The molecule has 0 saturated carbocycles. The molecule has 0 N–H and O–H groups in total. The van der Waals surface area contributed by atoms with E-state index in [2.05, 4.69) is 20.8 Å². The summed E-state index contributed by atoms with van der Waals surface area (Å²) in [5.74, 6) is -0.124. The molecule has 0 bridgehead atoms. The molecule has 1 saturated heterocycles. The lowest BCUT2D eigenvalue weighted by Gasteiger charge is -2.29. The molecule has 1 fully saturated rings. The third-order valence-corrected chi connectivity index (χ3v) is 7.60. The molecule has 1 amide bonds. The first kappa shape index (κ1) is 22.1. The molecular formula is C22H25Cl2NO3S.